The normalized spacial score (nSPS) is 9.67. The molecule has 0 rings (SSSR count). The minimum atomic E-state index is 0.387. The van der Waals surface area contributed by atoms with Crippen LogP contribution in [0.2, 0.25) is 0 Å². The van der Waals surface area contributed by atoms with E-state index in [0.717, 1.165) is 13.0 Å². The van der Waals surface area contributed by atoms with Gasteiger partial charge in [0.1, 0.15) is 6.61 Å². The summed E-state index contributed by atoms with van der Waals surface area (Å²) in [5, 5.41) is 0. The van der Waals surface area contributed by atoms with Crippen molar-refractivity contribution in [3.8, 4) is 12.3 Å². The molecule has 12 heavy (non-hydrogen) atoms. The fourth-order valence-electron chi connectivity index (χ4n) is 0.805. The molecule has 0 saturated heterocycles. The van der Waals surface area contributed by atoms with Crippen LogP contribution in [0.5, 0.6) is 0 Å². The Morgan fingerprint density at radius 3 is 2.50 bits per heavy atom. The smallest absolute Gasteiger partial charge is 0.107 e. The highest BCUT2D eigenvalue weighted by molar-refractivity contribution is 4.82. The summed E-state index contributed by atoms with van der Waals surface area (Å²) in [5.74, 6) is 2.40. The summed E-state index contributed by atoms with van der Waals surface area (Å²) < 4.78 is 10.3. The van der Waals surface area contributed by atoms with E-state index in [1.807, 2.05) is 0 Å². The summed E-state index contributed by atoms with van der Waals surface area (Å²) in [7, 11) is 0. The van der Waals surface area contributed by atoms with Crippen molar-refractivity contribution in [2.45, 2.75) is 26.2 Å². The van der Waals surface area contributed by atoms with Gasteiger partial charge in [-0.1, -0.05) is 25.7 Å². The summed E-state index contributed by atoms with van der Waals surface area (Å²) in [6, 6.07) is 0. The van der Waals surface area contributed by atoms with Crippen molar-refractivity contribution in [2.24, 2.45) is 0 Å². The summed E-state index contributed by atoms with van der Waals surface area (Å²) in [6.45, 7) is 4.67. The number of hydrogen-bond acceptors (Lipinski definition) is 2. The van der Waals surface area contributed by atoms with Crippen LogP contribution in [0.25, 0.3) is 0 Å². The Hall–Kier alpha value is -0.520. The SMILES string of the molecule is C#CCOCCOCCCCC. The predicted molar refractivity (Wildman–Crippen MR) is 50.0 cm³/mol. The van der Waals surface area contributed by atoms with Crippen LogP contribution >= 0.6 is 0 Å². The van der Waals surface area contributed by atoms with Crippen LogP contribution in [0.15, 0.2) is 0 Å². The first kappa shape index (κ1) is 11.5. The molecule has 0 aliphatic rings. The first-order chi connectivity index (χ1) is 5.91. The summed E-state index contributed by atoms with van der Waals surface area (Å²) in [4.78, 5) is 0. The van der Waals surface area contributed by atoms with Gasteiger partial charge in [-0.25, -0.2) is 0 Å². The topological polar surface area (TPSA) is 18.5 Å². The van der Waals surface area contributed by atoms with Gasteiger partial charge in [0.15, 0.2) is 0 Å². The lowest BCUT2D eigenvalue weighted by molar-refractivity contribution is 0.0585. The predicted octanol–water partition coefficient (Wildman–Crippen LogP) is 1.84. The average Bonchev–Trinajstić information content (AvgIpc) is 2.10. The van der Waals surface area contributed by atoms with Gasteiger partial charge in [-0.2, -0.15) is 0 Å². The van der Waals surface area contributed by atoms with Gasteiger partial charge in [0.25, 0.3) is 0 Å². The number of hydrogen-bond donors (Lipinski definition) is 0. The summed E-state index contributed by atoms with van der Waals surface area (Å²) in [6.07, 6.45) is 8.61. The van der Waals surface area contributed by atoms with Crippen molar-refractivity contribution in [1.29, 1.82) is 0 Å². The van der Waals surface area contributed by atoms with Crippen LogP contribution in [0, 0.1) is 12.3 Å². The monoisotopic (exact) mass is 170 g/mol. The highest BCUT2D eigenvalue weighted by Gasteiger charge is 1.88. The molecule has 70 valence electrons. The minimum Gasteiger partial charge on any atom is -0.379 e. The zero-order valence-electron chi connectivity index (χ0n) is 7.84. The van der Waals surface area contributed by atoms with E-state index in [1.54, 1.807) is 0 Å². The molecule has 0 aliphatic carbocycles. The fourth-order valence-corrected chi connectivity index (χ4v) is 0.805. The average molecular weight is 170 g/mol. The molecule has 0 aliphatic heterocycles. The summed E-state index contributed by atoms with van der Waals surface area (Å²) >= 11 is 0. The minimum absolute atomic E-state index is 0.387. The van der Waals surface area contributed by atoms with Crippen LogP contribution in [0.4, 0.5) is 0 Å². The van der Waals surface area contributed by atoms with E-state index in [9.17, 15) is 0 Å². The zero-order valence-corrected chi connectivity index (χ0v) is 7.84. The van der Waals surface area contributed by atoms with Gasteiger partial charge in [-0.15, -0.1) is 6.42 Å². The van der Waals surface area contributed by atoms with E-state index < -0.39 is 0 Å². The maximum atomic E-state index is 5.29. The standard InChI is InChI=1S/C10H18O2/c1-3-5-6-8-12-10-9-11-7-4-2/h2H,3,5-10H2,1H3. The van der Waals surface area contributed by atoms with Gasteiger partial charge in [-0.05, 0) is 6.42 Å². The van der Waals surface area contributed by atoms with E-state index in [2.05, 4.69) is 12.8 Å². The molecule has 2 heteroatoms. The van der Waals surface area contributed by atoms with Crippen molar-refractivity contribution in [1.82, 2.24) is 0 Å². The highest BCUT2D eigenvalue weighted by Crippen LogP contribution is 1.93. The van der Waals surface area contributed by atoms with Gasteiger partial charge in [0, 0.05) is 6.61 Å². The molecule has 2 nitrogen and oxygen atoms in total. The van der Waals surface area contributed by atoms with Crippen LogP contribution in [-0.4, -0.2) is 26.4 Å². The number of ether oxygens (including phenoxy) is 2. The lowest BCUT2D eigenvalue weighted by atomic mass is 10.3. The van der Waals surface area contributed by atoms with Crippen LogP contribution in [-0.2, 0) is 9.47 Å². The first-order valence-electron chi connectivity index (χ1n) is 4.50. The molecule has 0 aromatic rings. The lowest BCUT2D eigenvalue weighted by Gasteiger charge is -2.02. The molecule has 0 spiro atoms. The Labute approximate surface area is 75.3 Å². The number of unbranched alkanes of at least 4 members (excludes halogenated alkanes) is 2. The Morgan fingerprint density at radius 1 is 1.08 bits per heavy atom. The van der Waals surface area contributed by atoms with Gasteiger partial charge >= 0.3 is 0 Å². The molecule has 0 unspecified atom stereocenters. The maximum Gasteiger partial charge on any atom is 0.107 e. The molecule has 0 radical (unpaired) electrons. The van der Waals surface area contributed by atoms with E-state index in [4.69, 9.17) is 15.9 Å². The second-order valence-electron chi connectivity index (χ2n) is 2.58. The molecule has 0 saturated carbocycles. The van der Waals surface area contributed by atoms with Crippen molar-refractivity contribution < 1.29 is 9.47 Å². The number of rotatable bonds is 8. The third-order valence-electron chi connectivity index (χ3n) is 1.45. The van der Waals surface area contributed by atoms with Gasteiger partial charge in [0.05, 0.1) is 13.2 Å². The maximum absolute atomic E-state index is 5.29. The molecule has 0 fully saturated rings. The Morgan fingerprint density at radius 2 is 1.83 bits per heavy atom. The molecule has 0 bridgehead atoms. The van der Waals surface area contributed by atoms with Crippen LogP contribution in [0.1, 0.15) is 26.2 Å². The van der Waals surface area contributed by atoms with Gasteiger partial charge in [-0.3, -0.25) is 0 Å². The molecule has 0 N–H and O–H groups in total. The van der Waals surface area contributed by atoms with Crippen LogP contribution < -0.4 is 0 Å². The van der Waals surface area contributed by atoms with Crippen molar-refractivity contribution in [3.05, 3.63) is 0 Å². The Kier molecular flexibility index (Phi) is 10.0. The van der Waals surface area contributed by atoms with E-state index in [-0.39, 0.29) is 0 Å². The molecular weight excluding hydrogens is 152 g/mol. The molecular formula is C10H18O2. The first-order valence-corrected chi connectivity index (χ1v) is 4.50. The molecule has 0 heterocycles. The molecule has 0 atom stereocenters. The fraction of sp³-hybridized carbons (Fsp3) is 0.800. The van der Waals surface area contributed by atoms with E-state index >= 15 is 0 Å². The third-order valence-corrected chi connectivity index (χ3v) is 1.45. The lowest BCUT2D eigenvalue weighted by Crippen LogP contribution is -2.05. The quantitative estimate of drug-likeness (QED) is 0.409. The van der Waals surface area contributed by atoms with Gasteiger partial charge in [0.2, 0.25) is 0 Å². The second-order valence-corrected chi connectivity index (χ2v) is 2.58. The van der Waals surface area contributed by atoms with Crippen LogP contribution in [0.3, 0.4) is 0 Å². The van der Waals surface area contributed by atoms with Crippen molar-refractivity contribution in [2.75, 3.05) is 26.4 Å². The van der Waals surface area contributed by atoms with E-state index in [1.165, 1.54) is 12.8 Å². The zero-order chi connectivity index (χ0) is 9.07. The second kappa shape index (κ2) is 10.5. The Bertz CT molecular complexity index is 115. The van der Waals surface area contributed by atoms with E-state index in [0.29, 0.717) is 19.8 Å². The summed E-state index contributed by atoms with van der Waals surface area (Å²) in [5.41, 5.74) is 0. The molecule has 0 aromatic carbocycles. The highest BCUT2D eigenvalue weighted by atomic mass is 16.5. The van der Waals surface area contributed by atoms with Crippen molar-refractivity contribution >= 4 is 0 Å². The molecule has 0 amide bonds. The number of terminal acetylenes is 1. The largest absolute Gasteiger partial charge is 0.379 e. The Balaban J connectivity index is 2.78. The third kappa shape index (κ3) is 9.48. The van der Waals surface area contributed by atoms with Crippen molar-refractivity contribution in [3.63, 3.8) is 0 Å². The molecule has 0 aromatic heterocycles. The van der Waals surface area contributed by atoms with Gasteiger partial charge < -0.3 is 9.47 Å².